The van der Waals surface area contributed by atoms with Crippen molar-refractivity contribution >= 4 is 23.5 Å². The van der Waals surface area contributed by atoms with Gasteiger partial charge in [-0.1, -0.05) is 88.9 Å². The molecule has 1 rings (SSSR count). The summed E-state index contributed by atoms with van der Waals surface area (Å²) in [5, 5.41) is 0. The minimum atomic E-state index is 0.619. The molecule has 0 aliphatic heterocycles. The van der Waals surface area contributed by atoms with Crippen molar-refractivity contribution in [2.75, 3.05) is 5.75 Å². The average Bonchev–Trinajstić information content (AvgIpc) is 2.46. The number of benzene rings is 1. The van der Waals surface area contributed by atoms with Crippen LogP contribution in [0.1, 0.15) is 59.3 Å². The molecule has 0 aromatic heterocycles. The molecule has 0 atom stereocenters. The molecule has 1 aromatic carbocycles. The van der Waals surface area contributed by atoms with Crippen LogP contribution in [0.3, 0.4) is 0 Å². The van der Waals surface area contributed by atoms with Crippen molar-refractivity contribution < 1.29 is 0 Å². The van der Waals surface area contributed by atoms with Crippen LogP contribution >= 0.6 is 23.5 Å². The molecule has 0 saturated carbocycles. The highest BCUT2D eigenvalue weighted by atomic mass is 32.2. The Kier molecular flexibility index (Phi) is 10.9. The van der Waals surface area contributed by atoms with Gasteiger partial charge in [0, 0.05) is 9.13 Å². The monoisotopic (exact) mass is 322 g/mol. The second-order valence-electron chi connectivity index (χ2n) is 5.76. The Balaban J connectivity index is 2.31. The third-order valence-corrected chi connectivity index (χ3v) is 5.54. The predicted octanol–water partition coefficient (Wildman–Crippen LogP) is 7.37. The van der Waals surface area contributed by atoms with Crippen LogP contribution in [0, 0.1) is 5.92 Å². The first-order chi connectivity index (χ1) is 10.2. The SMILES string of the molecule is CCCCCCCCS/C(=C\C(C)C)Sc1ccccc1. The van der Waals surface area contributed by atoms with Gasteiger partial charge in [0.15, 0.2) is 0 Å². The van der Waals surface area contributed by atoms with Gasteiger partial charge in [-0.2, -0.15) is 0 Å². The van der Waals surface area contributed by atoms with Crippen molar-refractivity contribution in [2.45, 2.75) is 64.2 Å². The van der Waals surface area contributed by atoms with E-state index in [-0.39, 0.29) is 0 Å². The summed E-state index contributed by atoms with van der Waals surface area (Å²) in [6.07, 6.45) is 10.7. The van der Waals surface area contributed by atoms with Crippen LogP contribution in [-0.2, 0) is 0 Å². The van der Waals surface area contributed by atoms with E-state index in [1.54, 1.807) is 0 Å². The molecule has 0 amide bonds. The van der Waals surface area contributed by atoms with Crippen molar-refractivity contribution in [1.82, 2.24) is 0 Å². The van der Waals surface area contributed by atoms with Gasteiger partial charge in [-0.3, -0.25) is 0 Å². The molecular weight excluding hydrogens is 292 g/mol. The zero-order chi connectivity index (χ0) is 15.3. The molecular formula is C19H30S2. The van der Waals surface area contributed by atoms with Crippen molar-refractivity contribution in [1.29, 1.82) is 0 Å². The summed E-state index contributed by atoms with van der Waals surface area (Å²) in [7, 11) is 0. The molecule has 0 radical (unpaired) electrons. The van der Waals surface area contributed by atoms with E-state index >= 15 is 0 Å². The molecule has 0 aliphatic rings. The first kappa shape index (κ1) is 18.7. The molecule has 0 spiro atoms. The Morgan fingerprint density at radius 3 is 2.33 bits per heavy atom. The standard InChI is InChI=1S/C19H30S2/c1-4-5-6-7-8-12-15-20-19(16-17(2)3)21-18-13-10-9-11-14-18/h9-11,13-14,16-17H,4-8,12,15H2,1-3H3/b19-16+. The Morgan fingerprint density at radius 1 is 1.00 bits per heavy atom. The maximum Gasteiger partial charge on any atom is 0.0412 e. The highest BCUT2D eigenvalue weighted by molar-refractivity contribution is 8.22. The van der Waals surface area contributed by atoms with Gasteiger partial charge in [-0.25, -0.2) is 0 Å². The molecule has 0 aliphatic carbocycles. The lowest BCUT2D eigenvalue weighted by Crippen LogP contribution is -1.86. The van der Waals surface area contributed by atoms with Crippen molar-refractivity contribution in [2.24, 2.45) is 5.92 Å². The number of thioether (sulfide) groups is 2. The van der Waals surface area contributed by atoms with Crippen molar-refractivity contribution in [3.8, 4) is 0 Å². The maximum absolute atomic E-state index is 2.40. The Hall–Kier alpha value is -0.340. The average molecular weight is 323 g/mol. The fourth-order valence-corrected chi connectivity index (χ4v) is 4.60. The number of allylic oxidation sites excluding steroid dienone is 1. The van der Waals surface area contributed by atoms with Crippen LogP contribution in [0.2, 0.25) is 0 Å². The van der Waals surface area contributed by atoms with E-state index in [4.69, 9.17) is 0 Å². The molecule has 0 fully saturated rings. The van der Waals surface area contributed by atoms with Gasteiger partial charge >= 0.3 is 0 Å². The highest BCUT2D eigenvalue weighted by Crippen LogP contribution is 2.36. The summed E-state index contributed by atoms with van der Waals surface area (Å²) in [6.45, 7) is 6.80. The summed E-state index contributed by atoms with van der Waals surface area (Å²) in [6, 6.07) is 10.7. The lowest BCUT2D eigenvalue weighted by atomic mass is 10.1. The zero-order valence-corrected chi connectivity index (χ0v) is 15.4. The van der Waals surface area contributed by atoms with Crippen LogP contribution in [0.5, 0.6) is 0 Å². The molecule has 0 heterocycles. The predicted molar refractivity (Wildman–Crippen MR) is 101 cm³/mol. The normalized spacial score (nSPS) is 12.1. The lowest BCUT2D eigenvalue weighted by molar-refractivity contribution is 0.627. The van der Waals surface area contributed by atoms with Crippen LogP contribution in [0.25, 0.3) is 0 Å². The topological polar surface area (TPSA) is 0 Å². The molecule has 2 heteroatoms. The molecule has 118 valence electrons. The summed E-state index contributed by atoms with van der Waals surface area (Å²) in [4.78, 5) is 1.35. The van der Waals surface area contributed by atoms with Gasteiger partial charge in [-0.15, -0.1) is 11.8 Å². The van der Waals surface area contributed by atoms with E-state index in [9.17, 15) is 0 Å². The Morgan fingerprint density at radius 2 is 1.67 bits per heavy atom. The molecule has 1 aromatic rings. The largest absolute Gasteiger partial charge is 0.119 e. The molecule has 21 heavy (non-hydrogen) atoms. The highest BCUT2D eigenvalue weighted by Gasteiger charge is 2.03. The van der Waals surface area contributed by atoms with Crippen LogP contribution in [0.15, 0.2) is 45.5 Å². The van der Waals surface area contributed by atoms with Gasteiger partial charge in [0.1, 0.15) is 0 Å². The first-order valence-corrected chi connectivity index (χ1v) is 10.1. The quantitative estimate of drug-likeness (QED) is 0.308. The van der Waals surface area contributed by atoms with Gasteiger partial charge in [0.25, 0.3) is 0 Å². The second kappa shape index (κ2) is 12.2. The van der Waals surface area contributed by atoms with Crippen LogP contribution in [0.4, 0.5) is 0 Å². The minimum absolute atomic E-state index is 0.619. The van der Waals surface area contributed by atoms with Crippen LogP contribution < -0.4 is 0 Å². The fourth-order valence-electron chi connectivity index (χ4n) is 2.04. The van der Waals surface area contributed by atoms with Crippen molar-refractivity contribution in [3.63, 3.8) is 0 Å². The second-order valence-corrected chi connectivity index (χ2v) is 8.27. The van der Waals surface area contributed by atoms with E-state index in [0.717, 1.165) is 0 Å². The van der Waals surface area contributed by atoms with Gasteiger partial charge in [0.05, 0.1) is 0 Å². The molecule has 0 nitrogen and oxygen atoms in total. The molecule has 0 unspecified atom stereocenters. The van der Waals surface area contributed by atoms with Gasteiger partial charge in [0.2, 0.25) is 0 Å². The summed E-state index contributed by atoms with van der Waals surface area (Å²) < 4.78 is 1.46. The maximum atomic E-state index is 2.40. The van der Waals surface area contributed by atoms with E-state index in [1.807, 2.05) is 23.5 Å². The van der Waals surface area contributed by atoms with Gasteiger partial charge in [-0.05, 0) is 30.2 Å². The third kappa shape index (κ3) is 10.1. The zero-order valence-electron chi connectivity index (χ0n) is 13.8. The Bertz CT molecular complexity index is 382. The minimum Gasteiger partial charge on any atom is -0.119 e. The van der Waals surface area contributed by atoms with Crippen LogP contribution in [-0.4, -0.2) is 5.75 Å². The van der Waals surface area contributed by atoms with Crippen molar-refractivity contribution in [3.05, 3.63) is 40.6 Å². The van der Waals surface area contributed by atoms with E-state index in [1.165, 1.54) is 53.4 Å². The van der Waals surface area contributed by atoms with E-state index < -0.39 is 0 Å². The number of unbranched alkanes of at least 4 members (excludes halogenated alkanes) is 5. The molecule has 0 N–H and O–H groups in total. The smallest absolute Gasteiger partial charge is 0.0412 e. The number of rotatable bonds is 11. The summed E-state index contributed by atoms with van der Waals surface area (Å²) >= 11 is 3.95. The summed E-state index contributed by atoms with van der Waals surface area (Å²) in [5.74, 6) is 1.87. The fraction of sp³-hybridized carbons (Fsp3) is 0.579. The summed E-state index contributed by atoms with van der Waals surface area (Å²) in [5.41, 5.74) is 0. The lowest BCUT2D eigenvalue weighted by Gasteiger charge is -2.09. The number of hydrogen-bond donors (Lipinski definition) is 0. The number of hydrogen-bond acceptors (Lipinski definition) is 2. The molecule has 0 bridgehead atoms. The van der Waals surface area contributed by atoms with Gasteiger partial charge < -0.3 is 0 Å². The van der Waals surface area contributed by atoms with E-state index in [0.29, 0.717) is 5.92 Å². The third-order valence-electron chi connectivity index (χ3n) is 3.17. The molecule has 0 saturated heterocycles. The van der Waals surface area contributed by atoms with E-state index in [2.05, 4.69) is 57.2 Å². The first-order valence-electron chi connectivity index (χ1n) is 8.30. The Labute approximate surface area is 140 Å².